The molecule has 0 unspecified atom stereocenters. The second kappa shape index (κ2) is 10.9. The molecule has 2 N–H and O–H groups in total. The third-order valence-corrected chi connectivity index (χ3v) is 6.44. The van der Waals surface area contributed by atoms with Crippen LogP contribution in [0.5, 0.6) is 5.75 Å². The number of aromatic nitrogens is 1. The van der Waals surface area contributed by atoms with Gasteiger partial charge in [0.1, 0.15) is 5.75 Å². The molecule has 1 aromatic heterocycles. The Morgan fingerprint density at radius 1 is 1.06 bits per heavy atom. The number of piperazine rings is 1. The molecule has 1 saturated heterocycles. The highest BCUT2D eigenvalue weighted by Crippen LogP contribution is 2.32. The van der Waals surface area contributed by atoms with Crippen molar-refractivity contribution in [2.24, 2.45) is 0 Å². The van der Waals surface area contributed by atoms with Gasteiger partial charge in [-0.1, -0.05) is 18.2 Å². The summed E-state index contributed by atoms with van der Waals surface area (Å²) in [7, 11) is 1.51. The number of nitrogens with zero attached hydrogens (tertiary/aromatic N) is 3. The summed E-state index contributed by atoms with van der Waals surface area (Å²) in [4.78, 5) is 32.9. The smallest absolute Gasteiger partial charge is 0.416 e. The van der Waals surface area contributed by atoms with Crippen LogP contribution in [0.15, 0.2) is 53.9 Å². The van der Waals surface area contributed by atoms with E-state index in [9.17, 15) is 22.8 Å². The molecular weight excluding hydrogens is 495 g/mol. The Labute approximate surface area is 209 Å². The molecule has 190 valence electrons. The topological polar surface area (TPSA) is 86.8 Å². The van der Waals surface area contributed by atoms with Crippen LogP contribution in [0.3, 0.4) is 0 Å². The van der Waals surface area contributed by atoms with E-state index in [4.69, 9.17) is 4.74 Å². The highest BCUT2D eigenvalue weighted by Gasteiger charge is 2.31. The van der Waals surface area contributed by atoms with E-state index in [1.165, 1.54) is 24.5 Å². The Hall–Kier alpha value is -3.80. The summed E-state index contributed by atoms with van der Waals surface area (Å²) < 4.78 is 44.2. The molecule has 2 heterocycles. The molecule has 4 rings (SSSR count). The average Bonchev–Trinajstić information content (AvgIpc) is 3.30. The first kappa shape index (κ1) is 25.3. The van der Waals surface area contributed by atoms with Crippen LogP contribution >= 0.6 is 11.3 Å². The molecule has 0 saturated carbocycles. The zero-order valence-corrected chi connectivity index (χ0v) is 20.2. The number of carbonyl (C=O) groups is 2. The molecule has 1 aliphatic rings. The molecule has 36 heavy (non-hydrogen) atoms. The van der Waals surface area contributed by atoms with E-state index in [2.05, 4.69) is 15.6 Å². The first-order valence-corrected chi connectivity index (χ1v) is 12.0. The van der Waals surface area contributed by atoms with Crippen LogP contribution in [0.2, 0.25) is 0 Å². The van der Waals surface area contributed by atoms with Gasteiger partial charge >= 0.3 is 12.2 Å². The van der Waals surface area contributed by atoms with Crippen LogP contribution in [-0.4, -0.2) is 55.1 Å². The lowest BCUT2D eigenvalue weighted by atomic mass is 10.1. The summed E-state index contributed by atoms with van der Waals surface area (Å²) >= 11 is 1.20. The van der Waals surface area contributed by atoms with Gasteiger partial charge < -0.3 is 19.9 Å². The number of methoxy groups -OCH3 is 1. The maximum atomic E-state index is 13.0. The molecule has 12 heteroatoms. The van der Waals surface area contributed by atoms with Crippen LogP contribution in [0.1, 0.15) is 11.3 Å². The highest BCUT2D eigenvalue weighted by atomic mass is 32.1. The van der Waals surface area contributed by atoms with Crippen molar-refractivity contribution in [2.75, 3.05) is 48.8 Å². The molecule has 0 atom stereocenters. The van der Waals surface area contributed by atoms with Gasteiger partial charge in [0.25, 0.3) is 0 Å². The van der Waals surface area contributed by atoms with Crippen molar-refractivity contribution in [3.63, 3.8) is 0 Å². The highest BCUT2D eigenvalue weighted by molar-refractivity contribution is 7.14. The molecule has 2 aromatic carbocycles. The summed E-state index contributed by atoms with van der Waals surface area (Å²) in [6, 6.07) is 11.7. The van der Waals surface area contributed by atoms with E-state index in [1.807, 2.05) is 4.90 Å². The lowest BCUT2D eigenvalue weighted by Crippen LogP contribution is -2.49. The van der Waals surface area contributed by atoms with E-state index in [0.29, 0.717) is 54.1 Å². The third kappa shape index (κ3) is 6.25. The van der Waals surface area contributed by atoms with Crippen LogP contribution in [-0.2, 0) is 17.4 Å². The average molecular weight is 520 g/mol. The fourth-order valence-electron chi connectivity index (χ4n) is 3.80. The normalized spacial score (nSPS) is 13.9. The number of benzene rings is 2. The maximum Gasteiger partial charge on any atom is 0.416 e. The number of thiazole rings is 1. The monoisotopic (exact) mass is 519 g/mol. The summed E-state index contributed by atoms with van der Waals surface area (Å²) in [5, 5.41) is 7.39. The minimum atomic E-state index is -4.40. The van der Waals surface area contributed by atoms with Crippen molar-refractivity contribution in [3.8, 4) is 5.75 Å². The number of anilines is 3. The second-order valence-corrected chi connectivity index (χ2v) is 8.87. The van der Waals surface area contributed by atoms with E-state index in [1.54, 1.807) is 40.6 Å². The fourth-order valence-corrected chi connectivity index (χ4v) is 4.51. The van der Waals surface area contributed by atoms with Gasteiger partial charge in [-0.15, -0.1) is 11.3 Å². The molecule has 3 amide bonds. The van der Waals surface area contributed by atoms with E-state index < -0.39 is 17.8 Å². The zero-order chi connectivity index (χ0) is 25.7. The van der Waals surface area contributed by atoms with Crippen LogP contribution in [0.4, 0.5) is 34.5 Å². The predicted molar refractivity (Wildman–Crippen MR) is 132 cm³/mol. The van der Waals surface area contributed by atoms with Crippen LogP contribution in [0.25, 0.3) is 0 Å². The van der Waals surface area contributed by atoms with Gasteiger partial charge in [0.2, 0.25) is 5.91 Å². The molecule has 0 spiro atoms. The summed E-state index contributed by atoms with van der Waals surface area (Å²) in [5.74, 6) is 0.389. The molecule has 1 fully saturated rings. The predicted octanol–water partition coefficient (Wildman–Crippen LogP) is 4.71. The number of ether oxygens (including phenoxy) is 1. The number of rotatable bonds is 6. The molecule has 0 radical (unpaired) electrons. The number of halogens is 3. The minimum absolute atomic E-state index is 0.0653. The van der Waals surface area contributed by atoms with Gasteiger partial charge in [-0.3, -0.25) is 10.1 Å². The van der Waals surface area contributed by atoms with Crippen molar-refractivity contribution >= 4 is 39.8 Å². The first-order valence-electron chi connectivity index (χ1n) is 11.1. The minimum Gasteiger partial charge on any atom is -0.495 e. The van der Waals surface area contributed by atoms with Crippen LogP contribution in [0, 0.1) is 0 Å². The van der Waals surface area contributed by atoms with Crippen molar-refractivity contribution in [2.45, 2.75) is 12.6 Å². The SMILES string of the molecule is COc1ccccc1NC(=O)Nc1nc(CC(=O)N2CCN(c3cccc(C(F)(F)F)c3)CC2)cs1. The Morgan fingerprint density at radius 2 is 1.81 bits per heavy atom. The third-order valence-electron chi connectivity index (χ3n) is 5.63. The van der Waals surface area contributed by atoms with Gasteiger partial charge in [-0.25, -0.2) is 9.78 Å². The van der Waals surface area contributed by atoms with Crippen molar-refractivity contribution in [1.29, 1.82) is 0 Å². The van der Waals surface area contributed by atoms with Gasteiger partial charge in [-0.05, 0) is 30.3 Å². The standard InChI is InChI=1S/C24H24F3N5O3S/c1-35-20-8-3-2-7-19(20)29-22(34)30-23-28-17(15-36-23)14-21(33)32-11-9-31(10-12-32)18-6-4-5-16(13-18)24(25,26)27/h2-8,13,15H,9-12,14H2,1H3,(H2,28,29,30,34). The van der Waals surface area contributed by atoms with Gasteiger partial charge in [-0.2, -0.15) is 13.2 Å². The first-order chi connectivity index (χ1) is 17.2. The van der Waals surface area contributed by atoms with Crippen molar-refractivity contribution < 1.29 is 27.5 Å². The molecule has 3 aromatic rings. The molecule has 0 aliphatic carbocycles. The maximum absolute atomic E-state index is 13.0. The van der Waals surface area contributed by atoms with Crippen molar-refractivity contribution in [3.05, 3.63) is 65.2 Å². The zero-order valence-electron chi connectivity index (χ0n) is 19.3. The summed E-state index contributed by atoms with van der Waals surface area (Å²) in [5.41, 5.74) is 0.827. The van der Waals surface area contributed by atoms with E-state index >= 15 is 0 Å². The molecular formula is C24H24F3N5O3S. The quantitative estimate of drug-likeness (QED) is 0.493. The molecule has 0 bridgehead atoms. The number of alkyl halides is 3. The number of hydrogen-bond acceptors (Lipinski definition) is 6. The lowest BCUT2D eigenvalue weighted by molar-refractivity contribution is -0.137. The number of carbonyl (C=O) groups excluding carboxylic acids is 2. The number of nitrogens with one attached hydrogen (secondary N) is 2. The molecule has 8 nitrogen and oxygen atoms in total. The summed E-state index contributed by atoms with van der Waals surface area (Å²) in [6.45, 7) is 1.65. The van der Waals surface area contributed by atoms with E-state index in [-0.39, 0.29) is 12.3 Å². The van der Waals surface area contributed by atoms with Crippen LogP contribution < -0.4 is 20.3 Å². The summed E-state index contributed by atoms with van der Waals surface area (Å²) in [6.07, 6.45) is -4.33. The Morgan fingerprint density at radius 3 is 2.53 bits per heavy atom. The van der Waals surface area contributed by atoms with E-state index in [0.717, 1.165) is 12.1 Å². The van der Waals surface area contributed by atoms with Gasteiger partial charge in [0, 0.05) is 37.2 Å². The number of amides is 3. The largest absolute Gasteiger partial charge is 0.495 e. The Balaban J connectivity index is 1.27. The number of hydrogen-bond donors (Lipinski definition) is 2. The van der Waals surface area contributed by atoms with Crippen molar-refractivity contribution in [1.82, 2.24) is 9.88 Å². The Bertz CT molecular complexity index is 1230. The second-order valence-electron chi connectivity index (χ2n) is 8.02. The fraction of sp³-hybridized carbons (Fsp3) is 0.292. The molecule has 1 aliphatic heterocycles. The number of urea groups is 1. The number of para-hydroxylation sites is 2. The van der Waals surface area contributed by atoms with Gasteiger partial charge in [0.15, 0.2) is 5.13 Å². The lowest BCUT2D eigenvalue weighted by Gasteiger charge is -2.36. The Kier molecular flexibility index (Phi) is 7.63. The van der Waals surface area contributed by atoms with Gasteiger partial charge in [0.05, 0.1) is 30.5 Å².